The van der Waals surface area contributed by atoms with Crippen LogP contribution >= 0.6 is 23.2 Å². The van der Waals surface area contributed by atoms with Gasteiger partial charge in [0.25, 0.3) is 0 Å². The fraction of sp³-hybridized carbons (Fsp3) is 0.400. The van der Waals surface area contributed by atoms with Crippen LogP contribution in [0.3, 0.4) is 0 Å². The molecular formula is C15H17Cl2N3O. The van der Waals surface area contributed by atoms with Crippen molar-refractivity contribution in [2.75, 3.05) is 13.1 Å². The lowest BCUT2D eigenvalue weighted by Gasteiger charge is -2.14. The summed E-state index contributed by atoms with van der Waals surface area (Å²) in [6.45, 7) is 4.24. The normalized spacial score (nSPS) is 19.3. The van der Waals surface area contributed by atoms with E-state index in [1.54, 1.807) is 4.68 Å². The van der Waals surface area contributed by atoms with E-state index < -0.39 is 0 Å². The fourth-order valence-electron chi connectivity index (χ4n) is 2.67. The van der Waals surface area contributed by atoms with Crippen LogP contribution in [0.25, 0.3) is 5.69 Å². The van der Waals surface area contributed by atoms with E-state index in [1.807, 2.05) is 31.2 Å². The van der Waals surface area contributed by atoms with Gasteiger partial charge in [0.05, 0.1) is 17.5 Å². The van der Waals surface area contributed by atoms with Gasteiger partial charge in [0, 0.05) is 30.2 Å². The zero-order valence-electron chi connectivity index (χ0n) is 11.8. The van der Waals surface area contributed by atoms with Gasteiger partial charge in [-0.05, 0) is 31.5 Å². The molecule has 21 heavy (non-hydrogen) atoms. The molecule has 0 amide bonds. The average molecular weight is 326 g/mol. The quantitative estimate of drug-likeness (QED) is 0.942. The minimum absolute atomic E-state index is 0.230. The Kier molecular flexibility index (Phi) is 4.22. The molecule has 2 heterocycles. The number of β-amino-alcohol motifs (C(OH)–C–C–N with tert-alkyl or cyclic N) is 1. The summed E-state index contributed by atoms with van der Waals surface area (Å²) in [6, 6.07) is 7.46. The van der Waals surface area contributed by atoms with Gasteiger partial charge >= 0.3 is 0 Å². The summed E-state index contributed by atoms with van der Waals surface area (Å²) in [6.07, 6.45) is 0.589. The standard InChI is InChI=1S/C15H17Cl2N3O/c1-10-14(9-19-6-5-13(21)8-19)15(17)20(18-10)12-4-2-3-11(16)7-12/h2-4,7,13,21H,5-6,8-9H2,1H3/t13-/m1/s1. The highest BCUT2D eigenvalue weighted by atomic mass is 35.5. The maximum atomic E-state index is 9.62. The first-order chi connectivity index (χ1) is 10.0. The van der Waals surface area contributed by atoms with E-state index in [4.69, 9.17) is 23.2 Å². The molecule has 1 aliphatic heterocycles. The minimum atomic E-state index is -0.230. The van der Waals surface area contributed by atoms with Gasteiger partial charge in [-0.3, -0.25) is 4.90 Å². The molecule has 1 saturated heterocycles. The fourth-order valence-corrected chi connectivity index (χ4v) is 3.19. The summed E-state index contributed by atoms with van der Waals surface area (Å²) in [5, 5.41) is 15.4. The van der Waals surface area contributed by atoms with Gasteiger partial charge in [0.2, 0.25) is 0 Å². The Hall–Kier alpha value is -1.07. The maximum Gasteiger partial charge on any atom is 0.137 e. The number of hydrogen-bond donors (Lipinski definition) is 1. The van der Waals surface area contributed by atoms with Crippen molar-refractivity contribution in [3.8, 4) is 5.69 Å². The van der Waals surface area contributed by atoms with Crippen LogP contribution in [0.2, 0.25) is 10.2 Å². The Morgan fingerprint density at radius 2 is 2.19 bits per heavy atom. The van der Waals surface area contributed by atoms with Crippen LogP contribution in [0.5, 0.6) is 0 Å². The Bertz CT molecular complexity index is 656. The number of likely N-dealkylation sites (tertiary alicyclic amines) is 1. The molecule has 0 saturated carbocycles. The smallest absolute Gasteiger partial charge is 0.137 e. The van der Waals surface area contributed by atoms with Crippen molar-refractivity contribution in [3.63, 3.8) is 0 Å². The van der Waals surface area contributed by atoms with Gasteiger partial charge in [-0.15, -0.1) is 0 Å². The number of rotatable bonds is 3. The topological polar surface area (TPSA) is 41.3 Å². The lowest BCUT2D eigenvalue weighted by atomic mass is 10.2. The minimum Gasteiger partial charge on any atom is -0.392 e. The van der Waals surface area contributed by atoms with Gasteiger partial charge in [-0.2, -0.15) is 5.10 Å². The van der Waals surface area contributed by atoms with E-state index in [0.29, 0.717) is 23.3 Å². The molecule has 0 radical (unpaired) electrons. The van der Waals surface area contributed by atoms with E-state index in [0.717, 1.165) is 29.9 Å². The van der Waals surface area contributed by atoms with Crippen molar-refractivity contribution in [3.05, 3.63) is 45.7 Å². The van der Waals surface area contributed by atoms with Crippen LogP contribution in [0.1, 0.15) is 17.7 Å². The van der Waals surface area contributed by atoms with Crippen LogP contribution in [0, 0.1) is 6.92 Å². The third kappa shape index (κ3) is 3.09. The summed E-state index contributed by atoms with van der Waals surface area (Å²) < 4.78 is 1.71. The van der Waals surface area contributed by atoms with E-state index in [9.17, 15) is 5.11 Å². The molecule has 0 aliphatic carbocycles. The molecule has 1 atom stereocenters. The van der Waals surface area contributed by atoms with Gasteiger partial charge in [-0.25, -0.2) is 4.68 Å². The van der Waals surface area contributed by atoms with E-state index in [1.165, 1.54) is 0 Å². The largest absolute Gasteiger partial charge is 0.392 e. The number of halogens is 2. The SMILES string of the molecule is Cc1nn(-c2cccc(Cl)c2)c(Cl)c1CN1CC[C@@H](O)C1. The highest BCUT2D eigenvalue weighted by Gasteiger charge is 2.23. The molecule has 1 aliphatic rings. The molecule has 3 rings (SSSR count). The molecule has 4 nitrogen and oxygen atoms in total. The highest BCUT2D eigenvalue weighted by molar-refractivity contribution is 6.31. The molecule has 112 valence electrons. The molecule has 0 bridgehead atoms. The second-order valence-electron chi connectivity index (χ2n) is 5.42. The van der Waals surface area contributed by atoms with Crippen LogP contribution < -0.4 is 0 Å². The Labute approximate surface area is 133 Å². The Morgan fingerprint density at radius 3 is 2.86 bits per heavy atom. The number of benzene rings is 1. The molecule has 1 N–H and O–H groups in total. The van der Waals surface area contributed by atoms with Crippen molar-refractivity contribution in [2.24, 2.45) is 0 Å². The van der Waals surface area contributed by atoms with E-state index in [-0.39, 0.29) is 6.10 Å². The van der Waals surface area contributed by atoms with Crippen LogP contribution in [-0.4, -0.2) is 39.0 Å². The second kappa shape index (κ2) is 5.97. The van der Waals surface area contributed by atoms with Crippen molar-refractivity contribution >= 4 is 23.2 Å². The maximum absolute atomic E-state index is 9.62. The number of aliphatic hydroxyl groups excluding tert-OH is 1. The molecule has 0 unspecified atom stereocenters. The molecule has 1 aromatic carbocycles. The predicted molar refractivity (Wildman–Crippen MR) is 84.2 cm³/mol. The molecule has 2 aromatic rings. The molecule has 1 fully saturated rings. The summed E-state index contributed by atoms with van der Waals surface area (Å²) in [7, 11) is 0. The zero-order chi connectivity index (χ0) is 15.0. The zero-order valence-corrected chi connectivity index (χ0v) is 13.3. The molecular weight excluding hydrogens is 309 g/mol. The first-order valence-corrected chi connectivity index (χ1v) is 7.70. The number of aryl methyl sites for hydroxylation is 1. The van der Waals surface area contributed by atoms with Gasteiger partial charge in [0.1, 0.15) is 5.15 Å². The van der Waals surface area contributed by atoms with Crippen molar-refractivity contribution in [1.82, 2.24) is 14.7 Å². The monoisotopic (exact) mass is 325 g/mol. The van der Waals surface area contributed by atoms with Crippen molar-refractivity contribution in [1.29, 1.82) is 0 Å². The van der Waals surface area contributed by atoms with Crippen LogP contribution in [0.15, 0.2) is 24.3 Å². The van der Waals surface area contributed by atoms with E-state index >= 15 is 0 Å². The Balaban J connectivity index is 1.89. The summed E-state index contributed by atoms with van der Waals surface area (Å²) in [5.41, 5.74) is 2.76. The summed E-state index contributed by atoms with van der Waals surface area (Å²) >= 11 is 12.5. The van der Waals surface area contributed by atoms with Crippen LogP contribution in [-0.2, 0) is 6.54 Å². The lowest BCUT2D eigenvalue weighted by Crippen LogP contribution is -2.21. The first-order valence-electron chi connectivity index (χ1n) is 6.95. The molecule has 6 heteroatoms. The van der Waals surface area contributed by atoms with Gasteiger partial charge in [-0.1, -0.05) is 29.3 Å². The number of aliphatic hydroxyl groups is 1. The van der Waals surface area contributed by atoms with Gasteiger partial charge < -0.3 is 5.11 Å². The molecule has 0 spiro atoms. The third-order valence-corrected chi connectivity index (χ3v) is 4.43. The number of aromatic nitrogens is 2. The van der Waals surface area contributed by atoms with E-state index in [2.05, 4.69) is 10.00 Å². The van der Waals surface area contributed by atoms with Crippen molar-refractivity contribution < 1.29 is 5.11 Å². The summed E-state index contributed by atoms with van der Waals surface area (Å²) in [4.78, 5) is 2.20. The number of nitrogens with zero attached hydrogens (tertiary/aromatic N) is 3. The highest BCUT2D eigenvalue weighted by Crippen LogP contribution is 2.27. The molecule has 1 aromatic heterocycles. The van der Waals surface area contributed by atoms with Crippen LogP contribution in [0.4, 0.5) is 0 Å². The van der Waals surface area contributed by atoms with Gasteiger partial charge in [0.15, 0.2) is 0 Å². The summed E-state index contributed by atoms with van der Waals surface area (Å²) in [5.74, 6) is 0. The Morgan fingerprint density at radius 1 is 1.38 bits per heavy atom. The predicted octanol–water partition coefficient (Wildman–Crippen LogP) is 3.05. The second-order valence-corrected chi connectivity index (χ2v) is 6.22. The average Bonchev–Trinajstić information content (AvgIpc) is 2.97. The lowest BCUT2D eigenvalue weighted by molar-refractivity contribution is 0.174. The first kappa shape index (κ1) is 14.9. The third-order valence-electron chi connectivity index (χ3n) is 3.80. The van der Waals surface area contributed by atoms with Crippen molar-refractivity contribution in [2.45, 2.75) is 26.0 Å². The number of hydrogen-bond acceptors (Lipinski definition) is 3.